The Morgan fingerprint density at radius 2 is 1.33 bits per heavy atom. The van der Waals surface area contributed by atoms with Crippen LogP contribution in [0.1, 0.15) is 12.8 Å². The summed E-state index contributed by atoms with van der Waals surface area (Å²) >= 11 is 0. The molecule has 0 aliphatic heterocycles. The zero-order valence-electron chi connectivity index (χ0n) is 6.69. The maximum atomic E-state index is 11.3. The fourth-order valence-electron chi connectivity index (χ4n) is 1.85. The first-order chi connectivity index (χ1) is 5.79. The van der Waals surface area contributed by atoms with E-state index in [4.69, 9.17) is 0 Å². The van der Waals surface area contributed by atoms with Crippen LogP contribution in [0.5, 0.6) is 0 Å². The Morgan fingerprint density at radius 1 is 0.917 bits per heavy atom. The second-order valence-electron chi connectivity index (χ2n) is 3.29. The van der Waals surface area contributed by atoms with Gasteiger partial charge in [0.25, 0.3) is 0 Å². The van der Waals surface area contributed by atoms with E-state index in [0.717, 1.165) is 12.8 Å². The standard InChI is InChI=1S/C10H10O2/c11-9-5-6-10(12)8-4-2-1-3-7(8)9/h1-2,5-8H,3-4H2. The van der Waals surface area contributed by atoms with Crippen LogP contribution < -0.4 is 0 Å². The molecule has 0 N–H and O–H groups in total. The largest absolute Gasteiger partial charge is 0.295 e. The van der Waals surface area contributed by atoms with Crippen molar-refractivity contribution in [3.8, 4) is 0 Å². The molecule has 0 heterocycles. The summed E-state index contributed by atoms with van der Waals surface area (Å²) < 4.78 is 0. The Morgan fingerprint density at radius 3 is 1.75 bits per heavy atom. The first-order valence-electron chi connectivity index (χ1n) is 4.20. The molecule has 0 aromatic rings. The lowest BCUT2D eigenvalue weighted by atomic mass is 9.75. The molecule has 2 atom stereocenters. The number of carbonyl (C=O) groups excluding carboxylic acids is 2. The van der Waals surface area contributed by atoms with Gasteiger partial charge in [0.15, 0.2) is 11.6 Å². The molecular weight excluding hydrogens is 152 g/mol. The predicted molar refractivity (Wildman–Crippen MR) is 44.5 cm³/mol. The zero-order valence-corrected chi connectivity index (χ0v) is 6.69. The van der Waals surface area contributed by atoms with Gasteiger partial charge in [-0.05, 0) is 25.0 Å². The summed E-state index contributed by atoms with van der Waals surface area (Å²) in [6.07, 6.45) is 8.29. The van der Waals surface area contributed by atoms with Gasteiger partial charge in [-0.2, -0.15) is 0 Å². The fourth-order valence-corrected chi connectivity index (χ4v) is 1.85. The number of rotatable bonds is 0. The number of allylic oxidation sites excluding steroid dienone is 4. The summed E-state index contributed by atoms with van der Waals surface area (Å²) in [4.78, 5) is 22.6. The molecule has 2 aliphatic carbocycles. The van der Waals surface area contributed by atoms with Crippen LogP contribution in [0, 0.1) is 11.8 Å². The van der Waals surface area contributed by atoms with Crippen molar-refractivity contribution in [2.45, 2.75) is 12.8 Å². The van der Waals surface area contributed by atoms with E-state index in [1.54, 1.807) is 0 Å². The second kappa shape index (κ2) is 2.70. The Hall–Kier alpha value is -1.18. The number of hydrogen-bond acceptors (Lipinski definition) is 2. The fraction of sp³-hybridized carbons (Fsp3) is 0.400. The minimum atomic E-state index is -0.0625. The van der Waals surface area contributed by atoms with Crippen molar-refractivity contribution in [2.24, 2.45) is 11.8 Å². The van der Waals surface area contributed by atoms with Crippen LogP contribution in [0.3, 0.4) is 0 Å². The molecule has 12 heavy (non-hydrogen) atoms. The van der Waals surface area contributed by atoms with Crippen molar-refractivity contribution in [2.75, 3.05) is 0 Å². The molecule has 0 radical (unpaired) electrons. The third-order valence-corrected chi connectivity index (χ3v) is 2.58. The minimum Gasteiger partial charge on any atom is -0.295 e. The van der Waals surface area contributed by atoms with Gasteiger partial charge in [-0.3, -0.25) is 9.59 Å². The van der Waals surface area contributed by atoms with E-state index < -0.39 is 0 Å². The molecule has 0 fully saturated rings. The molecular formula is C10H10O2. The van der Waals surface area contributed by atoms with Gasteiger partial charge in [0, 0.05) is 11.8 Å². The zero-order chi connectivity index (χ0) is 8.55. The first kappa shape index (κ1) is 7.47. The van der Waals surface area contributed by atoms with E-state index in [2.05, 4.69) is 0 Å². The van der Waals surface area contributed by atoms with Gasteiger partial charge in [-0.25, -0.2) is 0 Å². The second-order valence-corrected chi connectivity index (χ2v) is 3.29. The van der Waals surface area contributed by atoms with E-state index in [0.29, 0.717) is 0 Å². The van der Waals surface area contributed by atoms with Crippen molar-refractivity contribution < 1.29 is 9.59 Å². The summed E-state index contributed by atoms with van der Waals surface area (Å²) in [5, 5.41) is 0. The van der Waals surface area contributed by atoms with Crippen molar-refractivity contribution in [1.82, 2.24) is 0 Å². The highest BCUT2D eigenvalue weighted by atomic mass is 16.1. The number of hydrogen-bond donors (Lipinski definition) is 0. The quantitative estimate of drug-likeness (QED) is 0.503. The summed E-state index contributed by atoms with van der Waals surface area (Å²) in [6.45, 7) is 0. The maximum absolute atomic E-state index is 11.3. The van der Waals surface area contributed by atoms with Crippen LogP contribution >= 0.6 is 0 Å². The monoisotopic (exact) mass is 162 g/mol. The predicted octanol–water partition coefficient (Wildman–Crippen LogP) is 1.28. The van der Waals surface area contributed by atoms with E-state index in [-0.39, 0.29) is 23.4 Å². The number of carbonyl (C=O) groups is 2. The van der Waals surface area contributed by atoms with Crippen LogP contribution in [0.4, 0.5) is 0 Å². The van der Waals surface area contributed by atoms with Crippen LogP contribution in [-0.2, 0) is 9.59 Å². The lowest BCUT2D eigenvalue weighted by molar-refractivity contribution is -0.129. The summed E-state index contributed by atoms with van der Waals surface area (Å²) in [7, 11) is 0. The molecule has 0 aromatic heterocycles. The van der Waals surface area contributed by atoms with Gasteiger partial charge in [-0.1, -0.05) is 12.2 Å². The topological polar surface area (TPSA) is 34.1 Å². The molecule has 0 amide bonds. The number of ketones is 2. The molecule has 0 bridgehead atoms. The average Bonchev–Trinajstić information content (AvgIpc) is 2.12. The average molecular weight is 162 g/mol. The van der Waals surface area contributed by atoms with Crippen LogP contribution in [0.2, 0.25) is 0 Å². The van der Waals surface area contributed by atoms with Gasteiger partial charge in [-0.15, -0.1) is 0 Å². The van der Waals surface area contributed by atoms with E-state index >= 15 is 0 Å². The Labute approximate surface area is 71.0 Å². The Balaban J connectivity index is 2.32. The van der Waals surface area contributed by atoms with Gasteiger partial charge in [0.2, 0.25) is 0 Å². The van der Waals surface area contributed by atoms with Crippen LogP contribution in [0.25, 0.3) is 0 Å². The summed E-state index contributed by atoms with van der Waals surface area (Å²) in [5.41, 5.74) is 0. The highest BCUT2D eigenvalue weighted by Gasteiger charge is 2.34. The normalized spacial score (nSPS) is 33.7. The van der Waals surface area contributed by atoms with Gasteiger partial charge in [0.1, 0.15) is 0 Å². The van der Waals surface area contributed by atoms with Gasteiger partial charge >= 0.3 is 0 Å². The van der Waals surface area contributed by atoms with Crippen molar-refractivity contribution in [3.05, 3.63) is 24.3 Å². The maximum Gasteiger partial charge on any atom is 0.159 e. The summed E-state index contributed by atoms with van der Waals surface area (Å²) in [6, 6.07) is 0. The molecule has 2 rings (SSSR count). The van der Waals surface area contributed by atoms with E-state index in [9.17, 15) is 9.59 Å². The van der Waals surface area contributed by atoms with E-state index in [1.807, 2.05) is 12.2 Å². The smallest absolute Gasteiger partial charge is 0.159 e. The van der Waals surface area contributed by atoms with Crippen molar-refractivity contribution in [1.29, 1.82) is 0 Å². The molecule has 62 valence electrons. The lowest BCUT2D eigenvalue weighted by Gasteiger charge is -2.26. The molecule has 2 heteroatoms. The molecule has 2 unspecified atom stereocenters. The molecule has 0 saturated heterocycles. The molecule has 2 nitrogen and oxygen atoms in total. The van der Waals surface area contributed by atoms with Crippen LogP contribution in [-0.4, -0.2) is 11.6 Å². The minimum absolute atomic E-state index is 0.0625. The molecule has 0 spiro atoms. The third kappa shape index (κ3) is 1.04. The molecule has 0 aromatic carbocycles. The lowest BCUT2D eigenvalue weighted by Crippen LogP contribution is -2.32. The summed E-state index contributed by atoms with van der Waals surface area (Å²) in [5.74, 6) is 0.105. The van der Waals surface area contributed by atoms with E-state index in [1.165, 1.54) is 12.2 Å². The Kier molecular flexibility index (Phi) is 1.68. The third-order valence-electron chi connectivity index (χ3n) is 2.58. The van der Waals surface area contributed by atoms with Gasteiger partial charge in [0.05, 0.1) is 0 Å². The van der Waals surface area contributed by atoms with Crippen LogP contribution in [0.15, 0.2) is 24.3 Å². The highest BCUT2D eigenvalue weighted by Crippen LogP contribution is 2.30. The van der Waals surface area contributed by atoms with Gasteiger partial charge < -0.3 is 0 Å². The highest BCUT2D eigenvalue weighted by molar-refractivity contribution is 6.07. The number of fused-ring (bicyclic) bond motifs is 1. The Bertz CT molecular complexity index is 258. The van der Waals surface area contributed by atoms with Crippen molar-refractivity contribution >= 4 is 11.6 Å². The first-order valence-corrected chi connectivity index (χ1v) is 4.20. The SMILES string of the molecule is O=C1C=CC(=O)C2CC=CCC12. The van der Waals surface area contributed by atoms with Crippen molar-refractivity contribution in [3.63, 3.8) is 0 Å². The molecule has 0 saturated carbocycles. The molecule has 2 aliphatic rings.